The first-order chi connectivity index (χ1) is 13.5. The lowest BCUT2D eigenvalue weighted by Crippen LogP contribution is -2.58. The molecule has 0 saturated carbocycles. The van der Waals surface area contributed by atoms with Gasteiger partial charge in [0.05, 0.1) is 25.9 Å². The molecule has 0 radical (unpaired) electrons. The van der Waals surface area contributed by atoms with E-state index in [9.17, 15) is 26.7 Å². The molecule has 2 heterocycles. The highest BCUT2D eigenvalue weighted by Gasteiger charge is 2.46. The number of ether oxygens (including phenoxy) is 1. The molecule has 0 unspecified atom stereocenters. The molecule has 0 aliphatic carbocycles. The van der Waals surface area contributed by atoms with E-state index in [0.29, 0.717) is 6.20 Å². The van der Waals surface area contributed by atoms with E-state index in [1.54, 1.807) is 0 Å². The number of carbonyl (C=O) groups excluding carboxylic acids is 1. The van der Waals surface area contributed by atoms with E-state index in [0.717, 1.165) is 4.90 Å². The van der Waals surface area contributed by atoms with Crippen LogP contribution < -0.4 is 15.4 Å². The number of aromatic nitrogens is 2. The van der Waals surface area contributed by atoms with Gasteiger partial charge in [-0.2, -0.15) is 18.2 Å². The number of rotatable bonds is 5. The molecule has 29 heavy (non-hydrogen) atoms. The monoisotopic (exact) mass is 417 g/mol. The fraction of sp³-hybridized carbons (Fsp3) is 0.353. The number of halogens is 5. The minimum atomic E-state index is -4.62. The summed E-state index contributed by atoms with van der Waals surface area (Å²) in [6.07, 6.45) is -3.99. The van der Waals surface area contributed by atoms with Crippen molar-refractivity contribution in [3.8, 4) is 5.75 Å². The smallest absolute Gasteiger partial charge is 0.421 e. The van der Waals surface area contributed by atoms with Gasteiger partial charge in [0.1, 0.15) is 17.1 Å². The molecule has 12 heteroatoms. The number of methoxy groups -OCH3 is 1. The van der Waals surface area contributed by atoms with Crippen LogP contribution in [0.4, 0.5) is 39.4 Å². The van der Waals surface area contributed by atoms with Crippen LogP contribution in [0.3, 0.4) is 0 Å². The summed E-state index contributed by atoms with van der Waals surface area (Å²) in [5, 5.41) is 5.07. The summed E-state index contributed by atoms with van der Waals surface area (Å²) in [5.74, 6) is -3.85. The standard InChI is InChI=1S/C17H16F5N5O2/c1-23-13-10(17(20,21)22)6-24-15(26-13)25-11-4-3-9(5-12(11)29-2)14(28)27-7-16(18,19)8-27/h3-6H,7-8H2,1-2H3,(H2,23,24,25,26). The minimum absolute atomic E-state index is 0.132. The van der Waals surface area contributed by atoms with E-state index >= 15 is 0 Å². The molecule has 1 aliphatic heterocycles. The Hall–Kier alpha value is -3.18. The van der Waals surface area contributed by atoms with Crippen LogP contribution in [-0.2, 0) is 6.18 Å². The Kier molecular flexibility index (Phi) is 5.20. The van der Waals surface area contributed by atoms with E-state index in [4.69, 9.17) is 4.74 Å². The lowest BCUT2D eigenvalue weighted by molar-refractivity contribution is -0.137. The highest BCUT2D eigenvalue weighted by atomic mass is 19.4. The van der Waals surface area contributed by atoms with E-state index in [1.807, 2.05) is 0 Å². The van der Waals surface area contributed by atoms with Gasteiger partial charge in [-0.1, -0.05) is 0 Å². The summed E-state index contributed by atoms with van der Waals surface area (Å²) in [4.78, 5) is 20.7. The lowest BCUT2D eigenvalue weighted by Gasteiger charge is -2.38. The quantitative estimate of drug-likeness (QED) is 0.727. The zero-order valence-corrected chi connectivity index (χ0v) is 15.3. The SMILES string of the molecule is CNc1nc(Nc2ccc(C(=O)N3CC(F)(F)C3)cc2OC)ncc1C(F)(F)F. The highest BCUT2D eigenvalue weighted by molar-refractivity contribution is 5.96. The van der Waals surface area contributed by atoms with Gasteiger partial charge in [-0.05, 0) is 18.2 Å². The second-order valence-corrected chi connectivity index (χ2v) is 6.26. The molecule has 1 aliphatic rings. The van der Waals surface area contributed by atoms with Crippen molar-refractivity contribution in [2.24, 2.45) is 0 Å². The largest absolute Gasteiger partial charge is 0.495 e. The maximum absolute atomic E-state index is 13.0. The topological polar surface area (TPSA) is 79.4 Å². The molecule has 2 N–H and O–H groups in total. The van der Waals surface area contributed by atoms with E-state index in [1.165, 1.54) is 32.4 Å². The summed E-state index contributed by atoms with van der Waals surface area (Å²) >= 11 is 0. The van der Waals surface area contributed by atoms with Crippen molar-refractivity contribution in [2.45, 2.75) is 12.1 Å². The van der Waals surface area contributed by atoms with Crippen LogP contribution in [-0.4, -0.2) is 53.9 Å². The predicted octanol–water partition coefficient (Wildman–Crippen LogP) is 3.38. The molecule has 2 aromatic rings. The van der Waals surface area contributed by atoms with Crippen molar-refractivity contribution in [2.75, 3.05) is 37.9 Å². The average Bonchev–Trinajstić information content (AvgIpc) is 2.64. The zero-order valence-electron chi connectivity index (χ0n) is 15.3. The molecule has 156 valence electrons. The van der Waals surface area contributed by atoms with Gasteiger partial charge in [-0.25, -0.2) is 13.8 Å². The maximum Gasteiger partial charge on any atom is 0.421 e. The Morgan fingerprint density at radius 1 is 1.28 bits per heavy atom. The number of alkyl halides is 5. The van der Waals surface area contributed by atoms with Crippen molar-refractivity contribution in [1.29, 1.82) is 0 Å². The van der Waals surface area contributed by atoms with Gasteiger partial charge in [0.2, 0.25) is 5.95 Å². The summed E-state index contributed by atoms with van der Waals surface area (Å²) in [6.45, 7) is -1.30. The normalized spacial score (nSPS) is 15.5. The summed E-state index contributed by atoms with van der Waals surface area (Å²) in [5.41, 5.74) is -0.614. The van der Waals surface area contributed by atoms with E-state index in [2.05, 4.69) is 20.6 Å². The second-order valence-electron chi connectivity index (χ2n) is 6.26. The Labute approximate surface area is 161 Å². The number of hydrogen-bond donors (Lipinski definition) is 2. The van der Waals surface area contributed by atoms with E-state index in [-0.39, 0.29) is 22.9 Å². The molecule has 0 atom stereocenters. The van der Waals surface area contributed by atoms with Crippen LogP contribution in [0.15, 0.2) is 24.4 Å². The molecule has 0 spiro atoms. The van der Waals surface area contributed by atoms with Crippen LogP contribution >= 0.6 is 0 Å². The number of anilines is 3. The van der Waals surface area contributed by atoms with Crippen molar-refractivity contribution in [3.63, 3.8) is 0 Å². The van der Waals surface area contributed by atoms with Crippen LogP contribution in [0.25, 0.3) is 0 Å². The third kappa shape index (κ3) is 4.30. The first-order valence-corrected chi connectivity index (χ1v) is 8.28. The van der Waals surface area contributed by atoms with Gasteiger partial charge >= 0.3 is 6.18 Å². The van der Waals surface area contributed by atoms with Crippen LogP contribution in [0.2, 0.25) is 0 Å². The number of hydrogen-bond acceptors (Lipinski definition) is 6. The maximum atomic E-state index is 13.0. The van der Waals surface area contributed by atoms with Crippen molar-refractivity contribution < 1.29 is 31.5 Å². The summed E-state index contributed by atoms with van der Waals surface area (Å²) in [7, 11) is 2.61. The molecule has 1 fully saturated rings. The number of likely N-dealkylation sites (tertiary alicyclic amines) is 1. The number of benzene rings is 1. The van der Waals surface area contributed by atoms with E-state index < -0.39 is 42.5 Å². The van der Waals surface area contributed by atoms with Gasteiger partial charge in [0, 0.05) is 18.8 Å². The van der Waals surface area contributed by atoms with Crippen molar-refractivity contribution in [3.05, 3.63) is 35.5 Å². The third-order valence-electron chi connectivity index (χ3n) is 4.16. The third-order valence-corrected chi connectivity index (χ3v) is 4.16. The molecule has 1 aromatic heterocycles. The minimum Gasteiger partial charge on any atom is -0.495 e. The molecule has 1 saturated heterocycles. The molecular weight excluding hydrogens is 401 g/mol. The Morgan fingerprint density at radius 3 is 2.52 bits per heavy atom. The fourth-order valence-electron chi connectivity index (χ4n) is 2.73. The molecule has 0 bridgehead atoms. The molecule has 7 nitrogen and oxygen atoms in total. The van der Waals surface area contributed by atoms with Crippen LogP contribution in [0, 0.1) is 0 Å². The number of nitrogens with zero attached hydrogens (tertiary/aromatic N) is 3. The number of amides is 1. The second kappa shape index (κ2) is 7.33. The average molecular weight is 417 g/mol. The molecule has 1 aromatic carbocycles. The Morgan fingerprint density at radius 2 is 1.97 bits per heavy atom. The van der Waals surface area contributed by atoms with Gasteiger partial charge in [-0.15, -0.1) is 0 Å². The van der Waals surface area contributed by atoms with Gasteiger partial charge in [-0.3, -0.25) is 4.79 Å². The van der Waals surface area contributed by atoms with Gasteiger partial charge in [0.25, 0.3) is 11.8 Å². The summed E-state index contributed by atoms with van der Waals surface area (Å²) < 4.78 is 69.9. The first-order valence-electron chi connectivity index (χ1n) is 8.28. The van der Waals surface area contributed by atoms with Gasteiger partial charge < -0.3 is 20.3 Å². The van der Waals surface area contributed by atoms with Crippen molar-refractivity contribution >= 4 is 23.4 Å². The van der Waals surface area contributed by atoms with Gasteiger partial charge in [0.15, 0.2) is 0 Å². The Bertz CT molecular complexity index is 927. The fourth-order valence-corrected chi connectivity index (χ4v) is 2.73. The highest BCUT2D eigenvalue weighted by Crippen LogP contribution is 2.35. The molecule has 1 amide bonds. The molecular formula is C17H16F5N5O2. The van der Waals surface area contributed by atoms with Crippen LogP contribution in [0.1, 0.15) is 15.9 Å². The lowest BCUT2D eigenvalue weighted by atomic mass is 10.1. The van der Waals surface area contributed by atoms with Crippen molar-refractivity contribution in [1.82, 2.24) is 14.9 Å². The number of nitrogens with one attached hydrogen (secondary N) is 2. The molecule has 3 rings (SSSR count). The Balaban J connectivity index is 1.82. The summed E-state index contributed by atoms with van der Waals surface area (Å²) in [6, 6.07) is 4.14. The zero-order chi connectivity index (χ0) is 21.4. The van der Waals surface area contributed by atoms with Crippen LogP contribution in [0.5, 0.6) is 5.75 Å². The first kappa shape index (κ1) is 20.6. The predicted molar refractivity (Wildman–Crippen MR) is 93.7 cm³/mol. The number of carbonyl (C=O) groups is 1.